The lowest BCUT2D eigenvalue weighted by atomic mass is 10.1. The van der Waals surface area contributed by atoms with E-state index in [1.54, 1.807) is 0 Å². The number of halogens is 1. The third-order valence-electron chi connectivity index (χ3n) is 3.07. The van der Waals surface area contributed by atoms with E-state index in [9.17, 15) is 0 Å². The van der Waals surface area contributed by atoms with Crippen LogP contribution in [0.2, 0.25) is 5.02 Å². The fourth-order valence-corrected chi connectivity index (χ4v) is 3.38. The van der Waals surface area contributed by atoms with Gasteiger partial charge in [0.1, 0.15) is 0 Å². The molecule has 1 fully saturated rings. The number of benzene rings is 1. The van der Waals surface area contributed by atoms with E-state index < -0.39 is 0 Å². The van der Waals surface area contributed by atoms with Crippen LogP contribution in [0.25, 0.3) is 0 Å². The molecule has 1 aliphatic heterocycles. The number of ether oxygens (including phenoxy) is 1. The largest absolute Gasteiger partial charge is 0.377 e. The van der Waals surface area contributed by atoms with Crippen LogP contribution in [-0.2, 0) is 4.74 Å². The summed E-state index contributed by atoms with van der Waals surface area (Å²) in [6, 6.07) is 6.12. The Morgan fingerprint density at radius 3 is 2.82 bits per heavy atom. The highest BCUT2D eigenvalue weighted by atomic mass is 35.5. The van der Waals surface area contributed by atoms with Crippen molar-refractivity contribution in [2.75, 3.05) is 6.61 Å². The molecule has 0 radical (unpaired) electrons. The second kappa shape index (κ2) is 5.61. The van der Waals surface area contributed by atoms with E-state index in [1.807, 2.05) is 24.8 Å². The number of thioether (sulfide) groups is 1. The molecule has 3 atom stereocenters. The van der Waals surface area contributed by atoms with Crippen LogP contribution in [0, 0.1) is 0 Å². The smallest absolute Gasteiger partial charge is 0.0669 e. The summed E-state index contributed by atoms with van der Waals surface area (Å²) in [5.74, 6) is 0. The first kappa shape index (κ1) is 13.2. The van der Waals surface area contributed by atoms with Gasteiger partial charge in [0.25, 0.3) is 0 Å². The summed E-state index contributed by atoms with van der Waals surface area (Å²) in [4.78, 5) is 1.12. The van der Waals surface area contributed by atoms with Crippen molar-refractivity contribution < 1.29 is 4.74 Å². The van der Waals surface area contributed by atoms with Gasteiger partial charge in [0.15, 0.2) is 0 Å². The zero-order valence-corrected chi connectivity index (χ0v) is 11.7. The summed E-state index contributed by atoms with van der Waals surface area (Å²) < 4.78 is 5.56. The molecule has 94 valence electrons. The van der Waals surface area contributed by atoms with E-state index in [0.717, 1.165) is 28.5 Å². The fraction of sp³-hybridized carbons (Fsp3) is 0.538. The lowest BCUT2D eigenvalue weighted by Gasteiger charge is -2.15. The Morgan fingerprint density at radius 2 is 2.29 bits per heavy atom. The molecule has 17 heavy (non-hydrogen) atoms. The minimum absolute atomic E-state index is 0.0280. The highest BCUT2D eigenvalue weighted by molar-refractivity contribution is 8.00. The summed E-state index contributed by atoms with van der Waals surface area (Å²) in [6.45, 7) is 4.94. The number of rotatable bonds is 3. The van der Waals surface area contributed by atoms with Crippen molar-refractivity contribution >= 4 is 23.4 Å². The van der Waals surface area contributed by atoms with Crippen LogP contribution in [0.5, 0.6) is 0 Å². The van der Waals surface area contributed by atoms with E-state index in [4.69, 9.17) is 22.1 Å². The van der Waals surface area contributed by atoms with Crippen molar-refractivity contribution in [3.8, 4) is 0 Å². The maximum Gasteiger partial charge on any atom is 0.0669 e. The van der Waals surface area contributed by atoms with Gasteiger partial charge < -0.3 is 10.5 Å². The summed E-state index contributed by atoms with van der Waals surface area (Å²) in [5.41, 5.74) is 6.91. The molecule has 1 saturated heterocycles. The fourth-order valence-electron chi connectivity index (χ4n) is 1.93. The van der Waals surface area contributed by atoms with E-state index in [0.29, 0.717) is 11.4 Å². The zero-order valence-electron chi connectivity index (χ0n) is 10.2. The molecule has 2 rings (SSSR count). The van der Waals surface area contributed by atoms with Gasteiger partial charge in [-0.3, -0.25) is 0 Å². The van der Waals surface area contributed by atoms with Crippen LogP contribution in [0.4, 0.5) is 0 Å². The molecule has 1 heterocycles. The molecule has 2 N–H and O–H groups in total. The Hall–Kier alpha value is -0.220. The highest BCUT2D eigenvalue weighted by Gasteiger charge is 2.25. The average molecular weight is 272 g/mol. The Labute approximate surface area is 112 Å². The predicted octanol–water partition coefficient (Wildman–Crippen LogP) is 3.63. The number of nitrogens with two attached hydrogens (primary N) is 1. The van der Waals surface area contributed by atoms with Gasteiger partial charge in [0.2, 0.25) is 0 Å². The normalized spacial score (nSPS) is 26.1. The maximum atomic E-state index is 6.28. The first-order valence-electron chi connectivity index (χ1n) is 5.91. The first-order chi connectivity index (χ1) is 8.08. The molecule has 0 aliphatic carbocycles. The van der Waals surface area contributed by atoms with Gasteiger partial charge in [-0.25, -0.2) is 0 Å². The molecular formula is C13H18ClNOS. The maximum absolute atomic E-state index is 6.28. The summed E-state index contributed by atoms with van der Waals surface area (Å²) in [7, 11) is 0. The molecule has 0 bridgehead atoms. The molecular weight excluding hydrogens is 254 g/mol. The minimum atomic E-state index is 0.0280. The number of hydrogen-bond acceptors (Lipinski definition) is 3. The molecule has 0 aromatic heterocycles. The summed E-state index contributed by atoms with van der Waals surface area (Å²) >= 11 is 8.09. The van der Waals surface area contributed by atoms with Crippen molar-refractivity contribution in [2.24, 2.45) is 5.73 Å². The van der Waals surface area contributed by atoms with Gasteiger partial charge >= 0.3 is 0 Å². The van der Waals surface area contributed by atoms with Crippen molar-refractivity contribution in [1.29, 1.82) is 0 Å². The van der Waals surface area contributed by atoms with E-state index >= 15 is 0 Å². The molecule has 2 nitrogen and oxygen atoms in total. The topological polar surface area (TPSA) is 35.2 Å². The van der Waals surface area contributed by atoms with E-state index in [1.165, 1.54) is 0 Å². The second-order valence-electron chi connectivity index (χ2n) is 4.50. The quantitative estimate of drug-likeness (QED) is 0.912. The molecule has 0 spiro atoms. The van der Waals surface area contributed by atoms with Gasteiger partial charge in [-0.05, 0) is 38.0 Å². The van der Waals surface area contributed by atoms with Gasteiger partial charge in [-0.2, -0.15) is 0 Å². The number of hydrogen-bond donors (Lipinski definition) is 1. The molecule has 0 saturated carbocycles. The van der Waals surface area contributed by atoms with Crippen molar-refractivity contribution in [3.63, 3.8) is 0 Å². The molecule has 1 aromatic rings. The van der Waals surface area contributed by atoms with Gasteiger partial charge in [-0.1, -0.05) is 17.7 Å². The van der Waals surface area contributed by atoms with E-state index in [-0.39, 0.29) is 6.04 Å². The van der Waals surface area contributed by atoms with Gasteiger partial charge in [-0.15, -0.1) is 11.8 Å². The molecule has 2 unspecified atom stereocenters. The molecule has 0 amide bonds. The predicted molar refractivity (Wildman–Crippen MR) is 73.7 cm³/mol. The zero-order chi connectivity index (χ0) is 12.4. The SMILES string of the molecule is CC1OCCC1Sc1ccc([C@H](C)N)cc1Cl. The summed E-state index contributed by atoms with van der Waals surface area (Å²) in [6.07, 6.45) is 1.40. The van der Waals surface area contributed by atoms with Crippen LogP contribution >= 0.6 is 23.4 Å². The lowest BCUT2D eigenvalue weighted by molar-refractivity contribution is 0.127. The average Bonchev–Trinajstić information content (AvgIpc) is 2.67. The van der Waals surface area contributed by atoms with Crippen LogP contribution in [-0.4, -0.2) is 18.0 Å². The van der Waals surface area contributed by atoms with Crippen LogP contribution in [0.3, 0.4) is 0 Å². The lowest BCUT2D eigenvalue weighted by Crippen LogP contribution is -2.13. The van der Waals surface area contributed by atoms with E-state index in [2.05, 4.69) is 19.1 Å². The monoisotopic (exact) mass is 271 g/mol. The standard InChI is InChI=1S/C13H18ClNOS/c1-8(15)10-3-4-13(11(14)7-10)17-12-5-6-16-9(12)2/h3-4,7-9,12H,5-6,15H2,1-2H3/t8-,9?,12?/m0/s1. The Kier molecular flexibility index (Phi) is 4.36. The molecule has 1 aliphatic rings. The van der Waals surface area contributed by atoms with Crippen LogP contribution < -0.4 is 5.73 Å². The van der Waals surface area contributed by atoms with Crippen molar-refractivity contribution in [2.45, 2.75) is 42.6 Å². The Morgan fingerprint density at radius 1 is 1.53 bits per heavy atom. The Bertz CT molecular complexity index is 397. The van der Waals surface area contributed by atoms with Crippen LogP contribution in [0.1, 0.15) is 31.9 Å². The third-order valence-corrected chi connectivity index (χ3v) is 5.02. The van der Waals surface area contributed by atoms with Gasteiger partial charge in [0, 0.05) is 22.8 Å². The highest BCUT2D eigenvalue weighted by Crippen LogP contribution is 2.37. The van der Waals surface area contributed by atoms with Gasteiger partial charge in [0.05, 0.1) is 11.1 Å². The third kappa shape index (κ3) is 3.16. The van der Waals surface area contributed by atoms with Crippen LogP contribution in [0.15, 0.2) is 23.1 Å². The van der Waals surface area contributed by atoms with Crippen molar-refractivity contribution in [1.82, 2.24) is 0 Å². The first-order valence-corrected chi connectivity index (χ1v) is 7.17. The Balaban J connectivity index is 2.11. The second-order valence-corrected chi connectivity index (χ2v) is 6.19. The van der Waals surface area contributed by atoms with Crippen molar-refractivity contribution in [3.05, 3.63) is 28.8 Å². The minimum Gasteiger partial charge on any atom is -0.377 e. The molecule has 1 aromatic carbocycles. The molecule has 4 heteroatoms. The summed E-state index contributed by atoms with van der Waals surface area (Å²) in [5, 5.41) is 1.30.